The number of nitrogens with zero attached hydrogens (tertiary/aromatic N) is 3. The second kappa shape index (κ2) is 14.6. The Morgan fingerprint density at radius 2 is 0.971 bits per heavy atom. The monoisotopic (exact) mass is 893 g/mol. The number of rotatable bonds is 5. The van der Waals surface area contributed by atoms with Gasteiger partial charge in [-0.2, -0.15) is 0 Å². The SMILES string of the molecule is c1ccc(-c2ccc(-c3cc(-c4cccc5c4sc4ccccc45)nc(-c4cccc5c4-c4ccccc4C54c5ccccc5-n5c6ccccc6c6cccc4c65)n3)c(-c3ccccc3)c2)cc1. The third kappa shape index (κ3) is 5.38. The van der Waals surface area contributed by atoms with E-state index in [0.29, 0.717) is 5.82 Å². The summed E-state index contributed by atoms with van der Waals surface area (Å²) in [5.74, 6) is 0.701. The van der Waals surface area contributed by atoms with E-state index in [0.717, 1.165) is 44.8 Å². The van der Waals surface area contributed by atoms with E-state index in [2.05, 4.69) is 241 Å². The van der Waals surface area contributed by atoms with Gasteiger partial charge in [0.2, 0.25) is 0 Å². The second-order valence-electron chi connectivity index (χ2n) is 18.3. The molecule has 0 radical (unpaired) electrons. The Morgan fingerprint density at radius 1 is 0.362 bits per heavy atom. The molecule has 0 saturated heterocycles. The average molecular weight is 894 g/mol. The summed E-state index contributed by atoms with van der Waals surface area (Å²) in [6.07, 6.45) is 0. The van der Waals surface area contributed by atoms with Crippen LogP contribution in [-0.2, 0) is 5.41 Å². The van der Waals surface area contributed by atoms with E-state index >= 15 is 0 Å². The van der Waals surface area contributed by atoms with Gasteiger partial charge in [-0.25, -0.2) is 9.97 Å². The van der Waals surface area contributed by atoms with Gasteiger partial charge in [-0.05, 0) is 86.0 Å². The van der Waals surface area contributed by atoms with Crippen LogP contribution < -0.4 is 0 Å². The van der Waals surface area contributed by atoms with Crippen molar-refractivity contribution >= 4 is 53.3 Å². The smallest absolute Gasteiger partial charge is 0.161 e. The second-order valence-corrected chi connectivity index (χ2v) is 19.4. The Labute approximate surface area is 402 Å². The normalized spacial score (nSPS) is 14.4. The Balaban J connectivity index is 1.03. The third-order valence-electron chi connectivity index (χ3n) is 14.9. The predicted octanol–water partition coefficient (Wildman–Crippen LogP) is 17.0. The molecule has 15 rings (SSSR count). The number of hydrogen-bond donors (Lipinski definition) is 0. The van der Waals surface area contributed by atoms with Gasteiger partial charge in [0.25, 0.3) is 0 Å². The minimum atomic E-state index is -0.598. The van der Waals surface area contributed by atoms with Gasteiger partial charge in [-0.1, -0.05) is 206 Å². The molecule has 1 aliphatic carbocycles. The highest BCUT2D eigenvalue weighted by Crippen LogP contribution is 2.62. The summed E-state index contributed by atoms with van der Waals surface area (Å²) in [6.45, 7) is 0. The zero-order valence-corrected chi connectivity index (χ0v) is 38.1. The van der Waals surface area contributed by atoms with Gasteiger partial charge in [0.05, 0.1) is 33.5 Å². The minimum Gasteiger partial charge on any atom is -0.309 e. The van der Waals surface area contributed by atoms with Crippen LogP contribution in [0, 0.1) is 0 Å². The Bertz CT molecular complexity index is 4260. The van der Waals surface area contributed by atoms with Crippen LogP contribution >= 0.6 is 11.3 Å². The maximum absolute atomic E-state index is 5.73. The van der Waals surface area contributed by atoms with Crippen molar-refractivity contribution in [2.45, 2.75) is 5.41 Å². The van der Waals surface area contributed by atoms with Crippen molar-refractivity contribution in [2.24, 2.45) is 0 Å². The number of para-hydroxylation sites is 3. The highest BCUT2D eigenvalue weighted by atomic mass is 32.1. The molecule has 0 amide bonds. The molecule has 1 aliphatic heterocycles. The van der Waals surface area contributed by atoms with Gasteiger partial charge < -0.3 is 4.57 Å². The summed E-state index contributed by atoms with van der Waals surface area (Å²) in [5.41, 5.74) is 20.1. The van der Waals surface area contributed by atoms with Crippen LogP contribution in [0.25, 0.3) is 115 Å². The molecule has 1 spiro atoms. The molecule has 1 unspecified atom stereocenters. The van der Waals surface area contributed by atoms with Crippen LogP contribution in [0.3, 0.4) is 0 Å². The van der Waals surface area contributed by atoms with Gasteiger partial charge in [-0.3, -0.25) is 0 Å². The van der Waals surface area contributed by atoms with E-state index in [-0.39, 0.29) is 0 Å². The Kier molecular flexibility index (Phi) is 8.15. The fraction of sp³-hybridized carbons (Fsp3) is 0.0154. The first-order valence-electron chi connectivity index (χ1n) is 23.7. The fourth-order valence-corrected chi connectivity index (χ4v) is 13.2. The van der Waals surface area contributed by atoms with E-state index in [1.165, 1.54) is 86.6 Å². The van der Waals surface area contributed by atoms with E-state index < -0.39 is 5.41 Å². The lowest BCUT2D eigenvalue weighted by Crippen LogP contribution is -2.33. The van der Waals surface area contributed by atoms with Gasteiger partial charge >= 0.3 is 0 Å². The Hall–Kier alpha value is -8.70. The first kappa shape index (κ1) is 38.4. The summed E-state index contributed by atoms with van der Waals surface area (Å²) in [5, 5.41) is 5.04. The summed E-state index contributed by atoms with van der Waals surface area (Å²) < 4.78 is 5.00. The molecule has 0 saturated carbocycles. The number of aromatic nitrogens is 3. The summed E-state index contributed by atoms with van der Waals surface area (Å²) in [7, 11) is 0. The van der Waals surface area contributed by atoms with Crippen molar-refractivity contribution < 1.29 is 0 Å². The first-order chi connectivity index (χ1) is 34.2. The van der Waals surface area contributed by atoms with Crippen LogP contribution in [0.1, 0.15) is 22.3 Å². The molecule has 320 valence electrons. The van der Waals surface area contributed by atoms with Crippen LogP contribution in [0.4, 0.5) is 0 Å². The summed E-state index contributed by atoms with van der Waals surface area (Å²) >= 11 is 1.84. The standard InChI is InChI=1S/C65H39N3S/c1-3-18-40(19-4-1)42-36-37-43(51(38-42)41-20-5-2-6-21-41)56-39-57(49-27-15-26-47-45-23-9-14-35-60(45)69-63(47)49)67-64(66-56)50-28-17-31-54-61(50)48-24-7-10-29-52(48)65(54)53-30-11-13-34-59(53)68-58-33-12-8-22-44(58)46-25-16-32-55(65)62(46)68/h1-39H. The van der Waals surface area contributed by atoms with E-state index in [1.54, 1.807) is 0 Å². The third-order valence-corrected chi connectivity index (χ3v) is 16.1. The van der Waals surface area contributed by atoms with Crippen molar-refractivity contribution in [3.8, 4) is 73.0 Å². The molecule has 4 heteroatoms. The summed E-state index contributed by atoms with van der Waals surface area (Å²) in [6, 6.07) is 86.6. The lowest BCUT2D eigenvalue weighted by Gasteiger charge is -2.39. The predicted molar refractivity (Wildman–Crippen MR) is 287 cm³/mol. The van der Waals surface area contributed by atoms with E-state index in [9.17, 15) is 0 Å². The van der Waals surface area contributed by atoms with Gasteiger partial charge in [0.1, 0.15) is 0 Å². The van der Waals surface area contributed by atoms with E-state index in [4.69, 9.17) is 9.97 Å². The molecule has 69 heavy (non-hydrogen) atoms. The van der Waals surface area contributed by atoms with Crippen LogP contribution in [-0.4, -0.2) is 14.5 Å². The van der Waals surface area contributed by atoms with Crippen molar-refractivity contribution in [1.29, 1.82) is 0 Å². The largest absolute Gasteiger partial charge is 0.309 e. The van der Waals surface area contributed by atoms with Gasteiger partial charge in [-0.15, -0.1) is 11.3 Å². The fourth-order valence-electron chi connectivity index (χ4n) is 12.0. The molecular weight excluding hydrogens is 855 g/mol. The molecule has 3 nitrogen and oxygen atoms in total. The van der Waals surface area contributed by atoms with Crippen molar-refractivity contribution in [1.82, 2.24) is 14.5 Å². The van der Waals surface area contributed by atoms with Crippen molar-refractivity contribution in [3.05, 3.63) is 259 Å². The zero-order valence-electron chi connectivity index (χ0n) is 37.3. The number of fused-ring (bicyclic) bond motifs is 15. The maximum Gasteiger partial charge on any atom is 0.161 e. The molecule has 13 aromatic rings. The molecule has 3 aromatic heterocycles. The average Bonchev–Trinajstić information content (AvgIpc) is 4.08. The van der Waals surface area contributed by atoms with Crippen molar-refractivity contribution in [3.63, 3.8) is 0 Å². The highest BCUT2D eigenvalue weighted by molar-refractivity contribution is 7.26. The molecule has 1 atom stereocenters. The molecule has 10 aromatic carbocycles. The number of benzene rings is 10. The maximum atomic E-state index is 5.73. The summed E-state index contributed by atoms with van der Waals surface area (Å²) in [4.78, 5) is 11.4. The van der Waals surface area contributed by atoms with Crippen LogP contribution in [0.5, 0.6) is 0 Å². The van der Waals surface area contributed by atoms with Gasteiger partial charge in [0, 0.05) is 47.6 Å². The number of thiophene rings is 1. The lowest BCUT2D eigenvalue weighted by molar-refractivity contribution is 0.748. The van der Waals surface area contributed by atoms with Crippen LogP contribution in [0.15, 0.2) is 237 Å². The molecule has 0 N–H and O–H groups in total. The van der Waals surface area contributed by atoms with E-state index in [1.807, 2.05) is 11.3 Å². The quantitative estimate of drug-likeness (QED) is 0.172. The molecule has 4 heterocycles. The number of hydrogen-bond acceptors (Lipinski definition) is 3. The van der Waals surface area contributed by atoms with Gasteiger partial charge in [0.15, 0.2) is 5.82 Å². The molecule has 0 bridgehead atoms. The molecular formula is C65H39N3S. The van der Waals surface area contributed by atoms with Crippen molar-refractivity contribution in [2.75, 3.05) is 0 Å². The zero-order chi connectivity index (χ0) is 45.2. The van der Waals surface area contributed by atoms with Crippen LogP contribution in [0.2, 0.25) is 0 Å². The highest BCUT2D eigenvalue weighted by Gasteiger charge is 2.51. The Morgan fingerprint density at radius 3 is 1.84 bits per heavy atom. The molecule has 0 fully saturated rings. The first-order valence-corrected chi connectivity index (χ1v) is 24.5. The molecule has 2 aliphatic rings. The topological polar surface area (TPSA) is 30.7 Å². The minimum absolute atomic E-state index is 0.598. The lowest BCUT2D eigenvalue weighted by atomic mass is 9.65.